The number of nitriles is 1. The van der Waals surface area contributed by atoms with Gasteiger partial charge >= 0.3 is 0 Å². The number of halogens is 2. The van der Waals surface area contributed by atoms with Crippen LogP contribution in [0.2, 0.25) is 5.02 Å². The molecule has 60 heavy (non-hydrogen) atoms. The number of hydrogen-bond acceptors (Lipinski definition) is 11. The summed E-state index contributed by atoms with van der Waals surface area (Å²) in [5.41, 5.74) is 5.80. The molecule has 1 saturated carbocycles. The lowest BCUT2D eigenvalue weighted by atomic mass is 9.95. The number of rotatable bonds is 12. The Bertz CT molecular complexity index is 2670. The smallest absolute Gasteiger partial charge is 0.242 e. The summed E-state index contributed by atoms with van der Waals surface area (Å²) in [7, 11) is -0.754. The molecule has 2 aliphatic heterocycles. The number of oxazole rings is 1. The second-order valence-corrected chi connectivity index (χ2v) is 19.6. The average molecular weight is 853 g/mol. The van der Waals surface area contributed by atoms with E-state index < -0.39 is 32.4 Å². The number of ether oxygens (including phenoxy) is 2. The number of nitrogens with zero attached hydrogens (tertiary/aromatic N) is 6. The van der Waals surface area contributed by atoms with Crippen LogP contribution in [0.25, 0.3) is 33.7 Å². The predicted octanol–water partition coefficient (Wildman–Crippen LogP) is 8.05. The van der Waals surface area contributed by atoms with Crippen molar-refractivity contribution in [3.8, 4) is 40.4 Å². The summed E-state index contributed by atoms with van der Waals surface area (Å²) in [4.78, 5) is 27.0. The molecular weight excluding hydrogens is 807 g/mol. The van der Waals surface area contributed by atoms with Gasteiger partial charge in [0.25, 0.3) is 0 Å². The second kappa shape index (κ2) is 15.8. The van der Waals surface area contributed by atoms with Crippen LogP contribution in [0, 0.1) is 23.1 Å². The number of sulfonamides is 1. The van der Waals surface area contributed by atoms with Gasteiger partial charge < -0.3 is 13.9 Å². The Morgan fingerprint density at radius 1 is 1.02 bits per heavy atom. The van der Waals surface area contributed by atoms with Crippen LogP contribution in [-0.4, -0.2) is 83.5 Å². The number of carbonyl (C=O) groups is 1. The van der Waals surface area contributed by atoms with E-state index in [9.17, 15) is 18.5 Å². The van der Waals surface area contributed by atoms with Crippen LogP contribution in [-0.2, 0) is 34.3 Å². The number of pyridine rings is 1. The van der Waals surface area contributed by atoms with Crippen molar-refractivity contribution in [2.45, 2.75) is 75.8 Å². The Morgan fingerprint density at radius 3 is 2.52 bits per heavy atom. The number of hydrogen-bond donors (Lipinski definition) is 0. The zero-order valence-corrected chi connectivity index (χ0v) is 35.4. The molecule has 2 atom stereocenters. The molecule has 3 aromatic carbocycles. The third-order valence-electron chi connectivity index (χ3n) is 12.7. The van der Waals surface area contributed by atoms with Gasteiger partial charge in [-0.2, -0.15) is 10.2 Å². The molecule has 0 radical (unpaired) electrons. The van der Waals surface area contributed by atoms with Gasteiger partial charge in [-0.15, -0.1) is 0 Å². The van der Waals surface area contributed by atoms with Crippen LogP contribution >= 0.6 is 11.6 Å². The summed E-state index contributed by atoms with van der Waals surface area (Å²) in [5, 5.41) is 10.5. The Labute approximate surface area is 353 Å². The number of likely N-dealkylation sites (tertiary alicyclic amines) is 2. The third-order valence-corrected chi connectivity index (χ3v) is 15.5. The van der Waals surface area contributed by atoms with Crippen molar-refractivity contribution in [2.24, 2.45) is 5.92 Å². The number of benzene rings is 3. The highest BCUT2D eigenvalue weighted by molar-refractivity contribution is 7.91. The molecule has 3 fully saturated rings. The van der Waals surface area contributed by atoms with Crippen LogP contribution in [0.3, 0.4) is 0 Å². The van der Waals surface area contributed by atoms with E-state index in [0.29, 0.717) is 86.1 Å². The summed E-state index contributed by atoms with van der Waals surface area (Å²) in [5.74, 6) is -0.514. The topological polar surface area (TPSA) is 142 Å². The number of amides is 1. The standard InChI is InChI=1S/C45H46ClFN6O6S/c1-45(15-16-45)60(55,56)51(2)44(54)28-14-19-53(25-28)24-27-20-29(23-48)40-37(21-27)49-42(59-40)35-11-7-10-34(39(35)47)31-8-6-9-33-32(31)12-13-38(33)58-43-36(46)22-30(41(50-43)57-3)26-52-17-4-5-18-52/h6-11,20-22,28,38H,4-5,12-19,24-26H2,1-3H3/t28-,38-/m1/s1. The SMILES string of the molecule is COc1nc(O[C@@H]2CCc3c(-c4cccc(-c5nc6cc(CN7CC[C@@H](C(=O)N(C)S(=O)(=O)C8(C)CC8)C7)cc(C#N)c6o5)c4F)cccc32)c(Cl)cc1CN1CCCC1. The minimum Gasteiger partial charge on any atom is -0.481 e. The van der Waals surface area contributed by atoms with Crippen LogP contribution < -0.4 is 9.47 Å². The van der Waals surface area contributed by atoms with E-state index in [4.69, 9.17) is 25.5 Å². The summed E-state index contributed by atoms with van der Waals surface area (Å²) in [6.45, 7) is 5.85. The highest BCUT2D eigenvalue weighted by Crippen LogP contribution is 2.45. The molecule has 12 nitrogen and oxygen atoms in total. The van der Waals surface area contributed by atoms with Crippen LogP contribution in [0.1, 0.15) is 79.4 Å². The summed E-state index contributed by atoms with van der Waals surface area (Å²) < 4.78 is 61.0. The number of carbonyl (C=O) groups excluding carboxylic acids is 1. The number of fused-ring (bicyclic) bond motifs is 2. The minimum absolute atomic E-state index is 0.0510. The molecule has 2 saturated heterocycles. The summed E-state index contributed by atoms with van der Waals surface area (Å²) in [6.07, 6.45) is 4.95. The molecule has 312 valence electrons. The molecule has 15 heteroatoms. The fourth-order valence-corrected chi connectivity index (χ4v) is 10.9. The maximum absolute atomic E-state index is 16.7. The van der Waals surface area contributed by atoms with Crippen molar-refractivity contribution in [1.82, 2.24) is 24.1 Å². The molecule has 0 unspecified atom stereocenters. The molecular formula is C45H46ClFN6O6S. The first-order valence-electron chi connectivity index (χ1n) is 20.5. The lowest BCUT2D eigenvalue weighted by molar-refractivity contribution is -0.129. The van der Waals surface area contributed by atoms with Crippen molar-refractivity contribution in [2.75, 3.05) is 40.3 Å². The van der Waals surface area contributed by atoms with E-state index in [-0.39, 0.29) is 28.7 Å². The molecule has 4 heterocycles. The van der Waals surface area contributed by atoms with E-state index >= 15 is 4.39 Å². The Balaban J connectivity index is 0.934. The predicted molar refractivity (Wildman–Crippen MR) is 224 cm³/mol. The lowest BCUT2D eigenvalue weighted by Crippen LogP contribution is -2.43. The van der Waals surface area contributed by atoms with Gasteiger partial charge in [-0.05, 0) is 118 Å². The lowest BCUT2D eigenvalue weighted by Gasteiger charge is -2.24. The van der Waals surface area contributed by atoms with Crippen molar-refractivity contribution < 1.29 is 31.5 Å². The molecule has 2 aliphatic carbocycles. The van der Waals surface area contributed by atoms with Gasteiger partial charge in [0.1, 0.15) is 28.5 Å². The van der Waals surface area contributed by atoms with Gasteiger partial charge in [0.15, 0.2) is 5.58 Å². The highest BCUT2D eigenvalue weighted by atomic mass is 35.5. The van der Waals surface area contributed by atoms with Crippen LogP contribution in [0.4, 0.5) is 4.39 Å². The molecule has 0 bridgehead atoms. The normalized spacial score (nSPS) is 20.0. The van der Waals surface area contributed by atoms with Gasteiger partial charge in [-0.1, -0.05) is 41.9 Å². The molecule has 0 N–H and O–H groups in total. The fraction of sp³-hybridized carbons (Fsp3) is 0.422. The van der Waals surface area contributed by atoms with E-state index in [1.165, 1.54) is 19.9 Å². The summed E-state index contributed by atoms with van der Waals surface area (Å²) in [6, 6.07) is 18.5. The molecule has 1 amide bonds. The van der Waals surface area contributed by atoms with E-state index in [0.717, 1.165) is 45.2 Å². The largest absolute Gasteiger partial charge is 0.481 e. The molecule has 2 aromatic heterocycles. The summed E-state index contributed by atoms with van der Waals surface area (Å²) >= 11 is 6.74. The molecule has 9 rings (SSSR count). The van der Waals surface area contributed by atoms with E-state index in [1.54, 1.807) is 38.3 Å². The van der Waals surface area contributed by atoms with Crippen molar-refractivity contribution >= 4 is 38.6 Å². The highest BCUT2D eigenvalue weighted by Gasteiger charge is 2.53. The first-order chi connectivity index (χ1) is 28.9. The molecule has 5 aromatic rings. The van der Waals surface area contributed by atoms with Crippen molar-refractivity contribution in [1.29, 1.82) is 5.26 Å². The number of aromatic nitrogens is 2. The van der Waals surface area contributed by atoms with Gasteiger partial charge in [0.2, 0.25) is 33.6 Å². The Kier molecular flexibility index (Phi) is 10.6. The van der Waals surface area contributed by atoms with Gasteiger partial charge in [0, 0.05) is 37.8 Å². The van der Waals surface area contributed by atoms with E-state index in [2.05, 4.69) is 25.8 Å². The van der Waals surface area contributed by atoms with Gasteiger partial charge in [0.05, 0.1) is 28.9 Å². The van der Waals surface area contributed by atoms with Crippen molar-refractivity contribution in [3.63, 3.8) is 0 Å². The first kappa shape index (κ1) is 40.3. The average Bonchev–Trinajstić information content (AvgIpc) is 3.76. The quantitative estimate of drug-likeness (QED) is 0.120. The Hall–Kier alpha value is -5.07. The molecule has 4 aliphatic rings. The molecule has 0 spiro atoms. The van der Waals surface area contributed by atoms with Gasteiger partial charge in [-0.3, -0.25) is 14.6 Å². The monoisotopic (exact) mass is 852 g/mol. The second-order valence-electron chi connectivity index (χ2n) is 16.7. The first-order valence-corrected chi connectivity index (χ1v) is 22.3. The maximum atomic E-state index is 16.7. The van der Waals surface area contributed by atoms with Crippen LogP contribution in [0.5, 0.6) is 11.8 Å². The Morgan fingerprint density at radius 2 is 1.77 bits per heavy atom. The third kappa shape index (κ3) is 7.29. The zero-order valence-electron chi connectivity index (χ0n) is 33.8. The van der Waals surface area contributed by atoms with Crippen LogP contribution in [0.15, 0.2) is 59.0 Å². The minimum atomic E-state index is -3.71. The van der Waals surface area contributed by atoms with E-state index in [1.807, 2.05) is 30.3 Å². The zero-order chi connectivity index (χ0) is 41.9. The number of methoxy groups -OCH3 is 1. The van der Waals surface area contributed by atoms with Crippen molar-refractivity contribution in [3.05, 3.63) is 93.3 Å². The maximum Gasteiger partial charge on any atom is 0.242 e. The fourth-order valence-electron chi connectivity index (χ4n) is 9.04. The van der Waals surface area contributed by atoms with Gasteiger partial charge in [-0.25, -0.2) is 22.1 Å².